The minimum Gasteiger partial charge on any atom is -0.496 e. The van der Waals surface area contributed by atoms with Crippen LogP contribution in [0.15, 0.2) is 72.8 Å². The van der Waals surface area contributed by atoms with Gasteiger partial charge in [-0.05, 0) is 155 Å². The molecule has 9 rings (SSSR count). The Morgan fingerprint density at radius 2 is 0.689 bits per heavy atom. The van der Waals surface area contributed by atoms with Crippen molar-refractivity contribution in [2.75, 3.05) is 62.3 Å². The van der Waals surface area contributed by atoms with E-state index in [9.17, 15) is 44.1 Å². The molecule has 3 aliphatic carbocycles. The Morgan fingerprint density at radius 1 is 0.402 bits per heavy atom. The van der Waals surface area contributed by atoms with Gasteiger partial charge in [-0.3, -0.25) is 42.8 Å². The van der Waals surface area contributed by atoms with E-state index in [1.807, 2.05) is 89.4 Å². The molecule has 9 N–H and O–H groups in total. The summed E-state index contributed by atoms with van der Waals surface area (Å²) in [7, 11) is 9.67. The molecule has 6 amide bonds. The number of aliphatic hydroxyl groups excluding tert-OH is 3. The Balaban J connectivity index is 0.000000252. The number of hydrogen-bond donors (Lipinski definition) is 9. The number of nitrogens with zero attached hydrogens (tertiary/aromatic N) is 6. The Morgan fingerprint density at radius 3 is 0.967 bits per heavy atom. The molecule has 0 saturated heterocycles. The summed E-state index contributed by atoms with van der Waals surface area (Å²) in [5.74, 6) is 5.13. The van der Waals surface area contributed by atoms with Crippen LogP contribution in [0.1, 0.15) is 287 Å². The molecule has 27 nitrogen and oxygen atoms in total. The fourth-order valence-corrected chi connectivity index (χ4v) is 16.3. The minimum absolute atomic E-state index is 0.000891. The van der Waals surface area contributed by atoms with Gasteiger partial charge in [0.15, 0.2) is 17.1 Å². The molecule has 27 heteroatoms. The van der Waals surface area contributed by atoms with Crippen LogP contribution in [0.3, 0.4) is 0 Å². The highest BCUT2D eigenvalue weighted by molar-refractivity contribution is 5.96. The molecule has 3 saturated carbocycles. The molecule has 8 atom stereocenters. The first-order valence-corrected chi connectivity index (χ1v) is 45.4. The summed E-state index contributed by atoms with van der Waals surface area (Å²) >= 11 is 0. The lowest BCUT2D eigenvalue weighted by molar-refractivity contribution is -0.122. The molecule has 6 aromatic rings. The summed E-state index contributed by atoms with van der Waals surface area (Å²) in [4.78, 5) is 79.1. The quantitative estimate of drug-likeness (QED) is 0.0171. The van der Waals surface area contributed by atoms with E-state index < -0.39 is 18.3 Å². The first kappa shape index (κ1) is 99.9. The van der Waals surface area contributed by atoms with E-state index in [1.165, 1.54) is 96.3 Å². The molecule has 3 aliphatic rings. The largest absolute Gasteiger partial charge is 0.496 e. The number of aliphatic hydroxyl groups is 3. The van der Waals surface area contributed by atoms with Gasteiger partial charge in [0.25, 0.3) is 17.7 Å². The number of amides is 6. The van der Waals surface area contributed by atoms with Gasteiger partial charge < -0.3 is 75.6 Å². The SMILES string of the molecule is CCC(C)Cn1nc(C(=O)N[C@@H](CCC2CCCCC2)CC(=O)NCC(O)CC)cc1-c1c(OC)cccc1OC.CCC(O)CNC(=O)C[C@H](CCC1CCCCC1)NC(=O)c1cc(-c2c(OC)cccc2OC)n(C(C)C(C)C)n1.CCC(O)CNC(=O)C[C@H](CCC1CCCCC1)NC(=O)c1cc(-c2c(OC)cccc2OC)n(CC(C)C)n1. The maximum absolute atomic E-state index is 13.7. The van der Waals surface area contributed by atoms with Gasteiger partial charge in [0.05, 0.1) is 101 Å². The number of aromatic nitrogens is 6. The summed E-state index contributed by atoms with van der Waals surface area (Å²) in [6.45, 7) is 22.3. The minimum atomic E-state index is -0.577. The Labute approximate surface area is 726 Å². The topological polar surface area (TPSA) is 344 Å². The van der Waals surface area contributed by atoms with Crippen molar-refractivity contribution in [3.63, 3.8) is 0 Å². The lowest BCUT2D eigenvalue weighted by Crippen LogP contribution is -2.41. The van der Waals surface area contributed by atoms with Crippen molar-refractivity contribution in [1.82, 2.24) is 61.2 Å². The molecule has 5 unspecified atom stereocenters. The summed E-state index contributed by atoms with van der Waals surface area (Å²) in [5.41, 5.74) is 5.29. The number of rotatable bonds is 46. The summed E-state index contributed by atoms with van der Waals surface area (Å²) in [5, 5.41) is 61.6. The van der Waals surface area contributed by atoms with E-state index in [0.717, 1.165) is 78.7 Å². The van der Waals surface area contributed by atoms with Crippen LogP contribution in [0.2, 0.25) is 0 Å². The number of nitrogens with one attached hydrogen (secondary N) is 6. The summed E-state index contributed by atoms with van der Waals surface area (Å²) in [6.07, 6.45) is 25.1. The molecule has 0 radical (unpaired) electrons. The fourth-order valence-electron chi connectivity index (χ4n) is 16.3. The predicted molar refractivity (Wildman–Crippen MR) is 479 cm³/mol. The van der Waals surface area contributed by atoms with Gasteiger partial charge in [0, 0.05) is 70.1 Å². The number of ether oxygens (including phenoxy) is 6. The molecular weight excluding hydrogens is 1550 g/mol. The van der Waals surface area contributed by atoms with Crippen molar-refractivity contribution < 1.29 is 72.5 Å². The molecular formula is C95H148N12O15. The molecule has 3 aromatic heterocycles. The van der Waals surface area contributed by atoms with E-state index in [0.29, 0.717) is 102 Å². The van der Waals surface area contributed by atoms with Crippen LogP contribution in [0.5, 0.6) is 34.5 Å². The van der Waals surface area contributed by atoms with Crippen molar-refractivity contribution in [2.24, 2.45) is 35.5 Å². The highest BCUT2D eigenvalue weighted by Crippen LogP contribution is 2.43. The molecule has 3 aromatic carbocycles. The first-order valence-electron chi connectivity index (χ1n) is 45.4. The lowest BCUT2D eigenvalue weighted by atomic mass is 9.85. The smallest absolute Gasteiger partial charge is 0.272 e. The molecule has 3 fully saturated rings. The van der Waals surface area contributed by atoms with Crippen LogP contribution in [-0.4, -0.2) is 179 Å². The monoisotopic (exact) mass is 1700 g/mol. The zero-order valence-electron chi connectivity index (χ0n) is 76.2. The average molecular weight is 1700 g/mol. The Bertz CT molecular complexity index is 4090. The zero-order valence-corrected chi connectivity index (χ0v) is 76.2. The Kier molecular flexibility index (Phi) is 42.9. The Hall–Kier alpha value is -9.21. The highest BCUT2D eigenvalue weighted by atomic mass is 16.5. The third kappa shape index (κ3) is 31.2. The molecule has 122 heavy (non-hydrogen) atoms. The number of hydrogen-bond acceptors (Lipinski definition) is 18. The van der Waals surface area contributed by atoms with Gasteiger partial charge in [0.2, 0.25) is 17.7 Å². The standard InChI is InChI=1S/2C32H50N4O5.C31H48N4O5/c1-7-25(37)20-33-30(38)18-24(17-16-23-12-9-8-10-13-23)34-32(39)26-19-27(36(35-26)22(4)21(2)3)31-28(40-5)14-11-15-29(31)41-6;1-6-22(3)21-36-27(31-28(40-4)14-11-15-29(31)41-5)19-26(35-36)32(39)34-24(17-16-23-12-9-8-10-13-23)18-30(38)33-20-25(37)7-2;1-6-24(36)19-32-29(37)17-23(16-15-22-11-8-7-9-12-22)33-31(38)25-18-26(35(34-25)20-21(2)3)30-27(39-4)13-10-14-28(30)40-5/h11,14-15,19,21-25,37H,7-10,12-13,16-18,20H2,1-6H3,(H,33,38)(H,34,39);11,14-15,19,22-25,37H,6-10,12-13,16-18,20-21H2,1-5H3,(H,33,38)(H,34,39);10,13-14,18,21-24,36H,6-9,11-12,15-17,19-20H2,1-5H3,(H,32,37)(H,33,38)/t2*22?,24-,25?;23-,24?/m000/s1. The second-order valence-electron chi connectivity index (χ2n) is 34.5. The number of carbonyl (C=O) groups is 6. The molecule has 0 aliphatic heterocycles. The maximum Gasteiger partial charge on any atom is 0.272 e. The van der Waals surface area contributed by atoms with E-state index in [-0.39, 0.29) is 116 Å². The second-order valence-corrected chi connectivity index (χ2v) is 34.5. The number of methoxy groups -OCH3 is 6. The van der Waals surface area contributed by atoms with Gasteiger partial charge in [0.1, 0.15) is 34.5 Å². The molecule has 0 bridgehead atoms. The van der Waals surface area contributed by atoms with Gasteiger partial charge in [-0.15, -0.1) is 0 Å². The van der Waals surface area contributed by atoms with Crippen LogP contribution < -0.4 is 60.3 Å². The summed E-state index contributed by atoms with van der Waals surface area (Å²) < 4.78 is 39.5. The van der Waals surface area contributed by atoms with Gasteiger partial charge in [-0.2, -0.15) is 15.3 Å². The number of benzene rings is 3. The third-order valence-electron chi connectivity index (χ3n) is 24.4. The number of carbonyl (C=O) groups excluding carboxylic acids is 6. The predicted octanol–water partition coefficient (Wildman–Crippen LogP) is 15.8. The summed E-state index contributed by atoms with van der Waals surface area (Å²) in [6, 6.07) is 21.1. The fraction of sp³-hybridized carbons (Fsp3) is 0.653. The van der Waals surface area contributed by atoms with Crippen molar-refractivity contribution in [2.45, 2.75) is 305 Å². The second kappa shape index (κ2) is 52.4. The maximum atomic E-state index is 13.7. The zero-order chi connectivity index (χ0) is 88.8. The normalized spacial score (nSPS) is 15.9. The van der Waals surface area contributed by atoms with E-state index >= 15 is 0 Å². The molecule has 3 heterocycles. The van der Waals surface area contributed by atoms with Gasteiger partial charge in [-0.25, -0.2) is 0 Å². The van der Waals surface area contributed by atoms with Crippen molar-refractivity contribution >= 4 is 35.4 Å². The van der Waals surface area contributed by atoms with E-state index in [1.54, 1.807) is 60.9 Å². The van der Waals surface area contributed by atoms with E-state index in [2.05, 4.69) is 80.4 Å². The lowest BCUT2D eigenvalue weighted by Gasteiger charge is -2.24. The van der Waals surface area contributed by atoms with Gasteiger partial charge in [-0.1, -0.05) is 183 Å². The van der Waals surface area contributed by atoms with Crippen molar-refractivity contribution in [3.8, 4) is 68.3 Å². The molecule has 0 spiro atoms. The van der Waals surface area contributed by atoms with Crippen LogP contribution in [-0.2, 0) is 27.5 Å². The van der Waals surface area contributed by atoms with Crippen molar-refractivity contribution in [3.05, 3.63) is 89.9 Å². The first-order chi connectivity index (χ1) is 58.7. The highest BCUT2D eigenvalue weighted by Gasteiger charge is 2.32. The third-order valence-corrected chi connectivity index (χ3v) is 24.4. The van der Waals surface area contributed by atoms with E-state index in [4.69, 9.17) is 43.7 Å². The van der Waals surface area contributed by atoms with Crippen LogP contribution in [0.4, 0.5) is 0 Å². The van der Waals surface area contributed by atoms with Crippen LogP contribution >= 0.6 is 0 Å². The average Bonchev–Trinajstić information content (AvgIpc) is 1.60. The molecule has 678 valence electrons. The van der Waals surface area contributed by atoms with Gasteiger partial charge >= 0.3 is 0 Å². The van der Waals surface area contributed by atoms with Crippen LogP contribution in [0, 0.1) is 35.5 Å². The van der Waals surface area contributed by atoms with Crippen LogP contribution in [0.25, 0.3) is 33.8 Å². The van der Waals surface area contributed by atoms with Crippen molar-refractivity contribution in [1.29, 1.82) is 0 Å².